The molecule has 0 radical (unpaired) electrons. The van der Waals surface area contributed by atoms with E-state index in [0.29, 0.717) is 19.1 Å². The summed E-state index contributed by atoms with van der Waals surface area (Å²) in [4.78, 5) is 13.3. The Morgan fingerprint density at radius 2 is 1.85 bits per heavy atom. The summed E-state index contributed by atoms with van der Waals surface area (Å²) in [6.45, 7) is 0.780. The van der Waals surface area contributed by atoms with Crippen molar-refractivity contribution < 1.29 is 31.1 Å². The molecule has 1 aromatic rings. The van der Waals surface area contributed by atoms with Gasteiger partial charge in [-0.1, -0.05) is 11.6 Å². The maximum absolute atomic E-state index is 12.9. The quantitative estimate of drug-likeness (QED) is 0.744. The number of amides is 1. The number of piperazine rings is 1. The zero-order chi connectivity index (χ0) is 19.8. The molecule has 0 N–H and O–H groups in total. The summed E-state index contributed by atoms with van der Waals surface area (Å²) in [5.41, 5.74) is -1.09. The number of hydrogen-bond donors (Lipinski definition) is 0. The highest BCUT2D eigenvalue weighted by molar-refractivity contribution is 7.89. The molecule has 11 heteroatoms. The molecule has 1 aromatic carbocycles. The van der Waals surface area contributed by atoms with E-state index >= 15 is 0 Å². The van der Waals surface area contributed by atoms with Crippen molar-refractivity contribution in [2.45, 2.75) is 30.0 Å². The van der Waals surface area contributed by atoms with Gasteiger partial charge in [-0.05, 0) is 31.0 Å². The van der Waals surface area contributed by atoms with Crippen LogP contribution in [0.25, 0.3) is 0 Å². The number of sulfonamides is 1. The first-order valence-electron chi connectivity index (χ1n) is 8.38. The standard InChI is InChI=1S/C16H18ClF3N2O4S/c17-12-4-3-11(16(18,19)20)10-14(12)27(24,25)22-7-5-21(6-8-22)15(23)13-2-1-9-26-13/h3-4,10,13H,1-2,5-9H2/t13-/m1/s1. The third-order valence-electron chi connectivity index (χ3n) is 4.63. The summed E-state index contributed by atoms with van der Waals surface area (Å²) >= 11 is 5.86. The third-order valence-corrected chi connectivity index (χ3v) is 7.01. The number of ether oxygens (including phenoxy) is 1. The molecule has 0 aliphatic carbocycles. The first kappa shape index (κ1) is 20.4. The molecule has 0 saturated carbocycles. The van der Waals surface area contributed by atoms with Crippen LogP contribution in [0.5, 0.6) is 0 Å². The van der Waals surface area contributed by atoms with Crippen molar-refractivity contribution >= 4 is 27.5 Å². The molecule has 2 aliphatic rings. The molecule has 2 heterocycles. The molecular weight excluding hydrogens is 409 g/mol. The second-order valence-corrected chi connectivity index (χ2v) is 8.69. The van der Waals surface area contributed by atoms with Crippen molar-refractivity contribution in [1.29, 1.82) is 0 Å². The van der Waals surface area contributed by atoms with E-state index in [0.717, 1.165) is 22.9 Å². The lowest BCUT2D eigenvalue weighted by molar-refractivity contribution is -0.142. The number of alkyl halides is 3. The summed E-state index contributed by atoms with van der Waals surface area (Å²) < 4.78 is 70.7. The van der Waals surface area contributed by atoms with Gasteiger partial charge in [0, 0.05) is 32.8 Å². The molecule has 2 aliphatic heterocycles. The second-order valence-electron chi connectivity index (χ2n) is 6.37. The summed E-state index contributed by atoms with van der Waals surface area (Å²) in [6.07, 6.45) is -3.73. The van der Waals surface area contributed by atoms with Crippen LogP contribution in [0, 0.1) is 0 Å². The van der Waals surface area contributed by atoms with Crippen molar-refractivity contribution in [2.75, 3.05) is 32.8 Å². The predicted octanol–water partition coefficient (Wildman–Crippen LogP) is 2.37. The van der Waals surface area contributed by atoms with Gasteiger partial charge in [0.05, 0.1) is 10.6 Å². The lowest BCUT2D eigenvalue weighted by Crippen LogP contribution is -2.52. The lowest BCUT2D eigenvalue weighted by Gasteiger charge is -2.35. The Bertz CT molecular complexity index is 817. The van der Waals surface area contributed by atoms with Crippen LogP contribution in [0.3, 0.4) is 0 Å². The van der Waals surface area contributed by atoms with Gasteiger partial charge in [-0.25, -0.2) is 8.42 Å². The van der Waals surface area contributed by atoms with Gasteiger partial charge in [0.2, 0.25) is 10.0 Å². The maximum atomic E-state index is 12.9. The highest BCUT2D eigenvalue weighted by atomic mass is 35.5. The number of rotatable bonds is 3. The summed E-state index contributed by atoms with van der Waals surface area (Å²) in [6, 6.07) is 2.20. The Hall–Kier alpha value is -1.36. The SMILES string of the molecule is O=C([C@H]1CCCO1)N1CCN(S(=O)(=O)c2cc(C(F)(F)F)ccc2Cl)CC1. The molecule has 1 amide bonds. The number of nitrogens with zero attached hydrogens (tertiary/aromatic N) is 2. The zero-order valence-corrected chi connectivity index (χ0v) is 15.8. The summed E-state index contributed by atoms with van der Waals surface area (Å²) in [7, 11) is -4.21. The van der Waals surface area contributed by atoms with Crippen LogP contribution in [0.2, 0.25) is 5.02 Å². The van der Waals surface area contributed by atoms with E-state index in [1.54, 1.807) is 0 Å². The fourth-order valence-electron chi connectivity index (χ4n) is 3.14. The summed E-state index contributed by atoms with van der Waals surface area (Å²) in [5.74, 6) is -0.179. The average Bonchev–Trinajstić information content (AvgIpc) is 3.15. The van der Waals surface area contributed by atoms with Crippen LogP contribution in [0.15, 0.2) is 23.1 Å². The van der Waals surface area contributed by atoms with Gasteiger partial charge < -0.3 is 9.64 Å². The van der Waals surface area contributed by atoms with Gasteiger partial charge in [0.25, 0.3) is 5.91 Å². The molecule has 0 unspecified atom stereocenters. The van der Waals surface area contributed by atoms with Crippen molar-refractivity contribution in [3.8, 4) is 0 Å². The fraction of sp³-hybridized carbons (Fsp3) is 0.562. The molecule has 2 saturated heterocycles. The number of halogens is 4. The third kappa shape index (κ3) is 4.23. The van der Waals surface area contributed by atoms with Gasteiger partial charge in [-0.3, -0.25) is 4.79 Å². The lowest BCUT2D eigenvalue weighted by atomic mass is 10.2. The smallest absolute Gasteiger partial charge is 0.368 e. The Morgan fingerprint density at radius 3 is 2.41 bits per heavy atom. The van der Waals surface area contributed by atoms with E-state index in [4.69, 9.17) is 16.3 Å². The molecule has 150 valence electrons. The molecule has 0 spiro atoms. The monoisotopic (exact) mass is 426 g/mol. The van der Waals surface area contributed by atoms with E-state index in [1.165, 1.54) is 4.90 Å². The minimum atomic E-state index is -4.68. The molecule has 0 bridgehead atoms. The van der Waals surface area contributed by atoms with Crippen LogP contribution in [-0.4, -0.2) is 62.4 Å². The zero-order valence-electron chi connectivity index (χ0n) is 14.2. The minimum absolute atomic E-state index is 0.0205. The molecule has 0 aromatic heterocycles. The van der Waals surface area contributed by atoms with Crippen LogP contribution >= 0.6 is 11.6 Å². The molecular formula is C16H18ClF3N2O4S. The summed E-state index contributed by atoms with van der Waals surface area (Å²) in [5, 5.41) is -0.277. The Morgan fingerprint density at radius 1 is 1.19 bits per heavy atom. The van der Waals surface area contributed by atoms with Crippen LogP contribution < -0.4 is 0 Å². The number of carbonyl (C=O) groups is 1. The highest BCUT2D eigenvalue weighted by Gasteiger charge is 2.37. The first-order valence-corrected chi connectivity index (χ1v) is 10.2. The van der Waals surface area contributed by atoms with Gasteiger partial charge in [0.1, 0.15) is 11.0 Å². The topological polar surface area (TPSA) is 66.9 Å². The maximum Gasteiger partial charge on any atom is 0.416 e. The van der Waals surface area contributed by atoms with E-state index in [-0.39, 0.29) is 37.1 Å². The molecule has 1 atom stereocenters. The van der Waals surface area contributed by atoms with Crippen molar-refractivity contribution in [3.05, 3.63) is 28.8 Å². The molecule has 27 heavy (non-hydrogen) atoms. The van der Waals surface area contributed by atoms with E-state index < -0.39 is 32.8 Å². The Kier molecular flexibility index (Phi) is 5.72. The number of hydrogen-bond acceptors (Lipinski definition) is 4. The minimum Gasteiger partial charge on any atom is -0.368 e. The Labute approximate surface area is 159 Å². The van der Waals surface area contributed by atoms with Crippen molar-refractivity contribution in [1.82, 2.24) is 9.21 Å². The average molecular weight is 427 g/mol. The largest absolute Gasteiger partial charge is 0.416 e. The molecule has 2 fully saturated rings. The first-order chi connectivity index (χ1) is 12.6. The van der Waals surface area contributed by atoms with Crippen LogP contribution in [0.1, 0.15) is 18.4 Å². The van der Waals surface area contributed by atoms with Gasteiger partial charge in [-0.15, -0.1) is 0 Å². The van der Waals surface area contributed by atoms with Crippen LogP contribution in [-0.2, 0) is 25.7 Å². The van der Waals surface area contributed by atoms with Crippen molar-refractivity contribution in [3.63, 3.8) is 0 Å². The van der Waals surface area contributed by atoms with Crippen molar-refractivity contribution in [2.24, 2.45) is 0 Å². The number of carbonyl (C=O) groups excluding carboxylic acids is 1. The molecule has 3 rings (SSSR count). The Balaban J connectivity index is 1.74. The van der Waals surface area contributed by atoms with E-state index in [2.05, 4.69) is 0 Å². The van der Waals surface area contributed by atoms with E-state index in [1.807, 2.05) is 0 Å². The fourth-order valence-corrected chi connectivity index (χ4v) is 5.06. The van der Waals surface area contributed by atoms with Crippen LogP contribution in [0.4, 0.5) is 13.2 Å². The second kappa shape index (κ2) is 7.57. The number of benzene rings is 1. The van der Waals surface area contributed by atoms with Gasteiger partial charge >= 0.3 is 6.18 Å². The van der Waals surface area contributed by atoms with Gasteiger partial charge in [-0.2, -0.15) is 17.5 Å². The van der Waals surface area contributed by atoms with Gasteiger partial charge in [0.15, 0.2) is 0 Å². The predicted molar refractivity (Wildman–Crippen MR) is 90.8 cm³/mol. The highest BCUT2D eigenvalue weighted by Crippen LogP contribution is 2.34. The van der Waals surface area contributed by atoms with E-state index in [9.17, 15) is 26.4 Å². The normalized spacial score (nSPS) is 22.2. The molecule has 6 nitrogen and oxygen atoms in total.